The first-order valence-corrected chi connectivity index (χ1v) is 7.93. The molecular formula is C17H25FN2O5. The van der Waals surface area contributed by atoms with Crippen LogP contribution >= 0.6 is 0 Å². The fourth-order valence-corrected chi connectivity index (χ4v) is 1.96. The van der Waals surface area contributed by atoms with Crippen LogP contribution in [0.25, 0.3) is 0 Å². The average molecular weight is 356 g/mol. The van der Waals surface area contributed by atoms with E-state index in [4.69, 9.17) is 5.11 Å². The van der Waals surface area contributed by atoms with Crippen molar-refractivity contribution in [2.24, 2.45) is 5.41 Å². The molecule has 0 saturated heterocycles. The molecule has 0 saturated carbocycles. The fraction of sp³-hybridized carbons (Fsp3) is 0.529. The first-order valence-electron chi connectivity index (χ1n) is 7.93. The summed E-state index contributed by atoms with van der Waals surface area (Å²) in [6.07, 6.45) is -2.74. The Morgan fingerprint density at radius 1 is 1.20 bits per heavy atom. The molecule has 0 aliphatic carbocycles. The van der Waals surface area contributed by atoms with Gasteiger partial charge in [-0.3, -0.25) is 14.9 Å². The van der Waals surface area contributed by atoms with Crippen LogP contribution in [0.15, 0.2) is 24.3 Å². The molecule has 0 bridgehead atoms. The van der Waals surface area contributed by atoms with Gasteiger partial charge in [0.2, 0.25) is 5.78 Å². The Morgan fingerprint density at radius 3 is 2.36 bits per heavy atom. The summed E-state index contributed by atoms with van der Waals surface area (Å²) in [4.78, 5) is 23.4. The standard InChI is InChI=1S/C17H25FN2O5/c1-17(2,10-21)14(23)16(25)19-8-7-13(22)15(24)20-9-11-3-5-12(18)6-4-11/h3-6,14,16,19,21,23,25H,7-10H2,1-2H3,(H,20,24). The topological polar surface area (TPSA) is 119 Å². The van der Waals surface area contributed by atoms with Crippen LogP contribution < -0.4 is 10.6 Å². The molecule has 0 fully saturated rings. The Labute approximate surface area is 145 Å². The van der Waals surface area contributed by atoms with E-state index < -0.39 is 29.4 Å². The third kappa shape index (κ3) is 6.87. The minimum atomic E-state index is -1.34. The Balaban J connectivity index is 2.33. The monoisotopic (exact) mass is 356 g/mol. The van der Waals surface area contributed by atoms with Gasteiger partial charge in [0.1, 0.15) is 18.1 Å². The lowest BCUT2D eigenvalue weighted by Gasteiger charge is -2.32. The summed E-state index contributed by atoms with van der Waals surface area (Å²) in [6.45, 7) is 2.93. The number of Topliss-reactive ketones (excluding diaryl/α,β-unsaturated/α-hetero) is 1. The lowest BCUT2D eigenvalue weighted by Crippen LogP contribution is -2.49. The van der Waals surface area contributed by atoms with Gasteiger partial charge < -0.3 is 20.6 Å². The van der Waals surface area contributed by atoms with Gasteiger partial charge in [-0.2, -0.15) is 0 Å². The van der Waals surface area contributed by atoms with Gasteiger partial charge in [0.15, 0.2) is 0 Å². The number of ketones is 1. The van der Waals surface area contributed by atoms with Gasteiger partial charge in [-0.25, -0.2) is 4.39 Å². The maximum absolute atomic E-state index is 12.8. The van der Waals surface area contributed by atoms with E-state index in [1.165, 1.54) is 24.3 Å². The average Bonchev–Trinajstić information content (AvgIpc) is 2.59. The summed E-state index contributed by atoms with van der Waals surface area (Å²) in [6, 6.07) is 5.52. The molecule has 25 heavy (non-hydrogen) atoms. The van der Waals surface area contributed by atoms with Crippen LogP contribution in [-0.4, -0.2) is 52.5 Å². The van der Waals surface area contributed by atoms with Crippen LogP contribution in [0.2, 0.25) is 0 Å². The molecule has 0 radical (unpaired) electrons. The second-order valence-corrected chi connectivity index (χ2v) is 6.47. The van der Waals surface area contributed by atoms with Crippen molar-refractivity contribution >= 4 is 11.7 Å². The smallest absolute Gasteiger partial charge is 0.287 e. The quantitative estimate of drug-likeness (QED) is 0.290. The number of hydrogen-bond donors (Lipinski definition) is 5. The zero-order chi connectivity index (χ0) is 19.0. The first kappa shape index (κ1) is 21.2. The van der Waals surface area contributed by atoms with E-state index in [0.29, 0.717) is 5.56 Å². The Bertz CT molecular complexity index is 577. The first-order chi connectivity index (χ1) is 11.7. The summed E-state index contributed by atoms with van der Waals surface area (Å²) in [5.41, 5.74) is -0.256. The number of carbonyl (C=O) groups excluding carboxylic acids is 2. The van der Waals surface area contributed by atoms with Crippen LogP contribution in [0.4, 0.5) is 4.39 Å². The number of aliphatic hydroxyl groups is 3. The van der Waals surface area contributed by atoms with Gasteiger partial charge in [-0.1, -0.05) is 26.0 Å². The van der Waals surface area contributed by atoms with E-state index in [9.17, 15) is 24.2 Å². The molecule has 0 aliphatic rings. The second kappa shape index (κ2) is 9.57. The molecule has 0 aliphatic heterocycles. The van der Waals surface area contributed by atoms with Crippen molar-refractivity contribution in [1.29, 1.82) is 0 Å². The molecule has 0 aromatic heterocycles. The van der Waals surface area contributed by atoms with Crippen LogP contribution in [0.3, 0.4) is 0 Å². The minimum absolute atomic E-state index is 0.0114. The second-order valence-electron chi connectivity index (χ2n) is 6.47. The number of benzene rings is 1. The van der Waals surface area contributed by atoms with Gasteiger partial charge in [0.05, 0.1) is 6.61 Å². The van der Waals surface area contributed by atoms with Gasteiger partial charge >= 0.3 is 0 Å². The molecular weight excluding hydrogens is 331 g/mol. The maximum atomic E-state index is 12.8. The van der Waals surface area contributed by atoms with Crippen molar-refractivity contribution in [2.45, 2.75) is 39.1 Å². The summed E-state index contributed by atoms with van der Waals surface area (Å²) >= 11 is 0. The van der Waals surface area contributed by atoms with Gasteiger partial charge in [0, 0.05) is 24.9 Å². The van der Waals surface area contributed by atoms with Crippen LogP contribution in [0.5, 0.6) is 0 Å². The molecule has 5 N–H and O–H groups in total. The zero-order valence-electron chi connectivity index (χ0n) is 14.3. The summed E-state index contributed by atoms with van der Waals surface area (Å²) in [5, 5.41) is 33.8. The Hall–Kier alpha value is -1.87. The summed E-state index contributed by atoms with van der Waals surface area (Å²) < 4.78 is 12.8. The Kier molecular flexibility index (Phi) is 8.11. The summed E-state index contributed by atoms with van der Waals surface area (Å²) in [7, 11) is 0. The molecule has 7 nitrogen and oxygen atoms in total. The lowest BCUT2D eigenvalue weighted by atomic mass is 9.86. The molecule has 140 valence electrons. The number of rotatable bonds is 10. The van der Waals surface area contributed by atoms with Crippen LogP contribution in [-0.2, 0) is 16.1 Å². The highest BCUT2D eigenvalue weighted by Gasteiger charge is 2.32. The normalized spacial score (nSPS) is 14.0. The fourth-order valence-electron chi connectivity index (χ4n) is 1.96. The van der Waals surface area contributed by atoms with E-state index >= 15 is 0 Å². The predicted molar refractivity (Wildman–Crippen MR) is 88.8 cm³/mol. The zero-order valence-corrected chi connectivity index (χ0v) is 14.3. The van der Waals surface area contributed by atoms with Crippen molar-refractivity contribution in [3.63, 3.8) is 0 Å². The highest BCUT2D eigenvalue weighted by molar-refractivity contribution is 6.36. The molecule has 1 amide bonds. The summed E-state index contributed by atoms with van der Waals surface area (Å²) in [5.74, 6) is -1.85. The molecule has 0 spiro atoms. The molecule has 1 aromatic carbocycles. The van der Waals surface area contributed by atoms with E-state index in [-0.39, 0.29) is 31.9 Å². The van der Waals surface area contributed by atoms with Crippen molar-refractivity contribution in [2.75, 3.05) is 13.2 Å². The SMILES string of the molecule is CC(C)(CO)C(O)C(O)NCCC(=O)C(=O)NCc1ccc(F)cc1. The molecule has 2 atom stereocenters. The highest BCUT2D eigenvalue weighted by atomic mass is 19.1. The van der Waals surface area contributed by atoms with Gasteiger partial charge in [0.25, 0.3) is 5.91 Å². The predicted octanol–water partition coefficient (Wildman–Crippen LogP) is -0.312. The minimum Gasteiger partial charge on any atom is -0.396 e. The molecule has 1 rings (SSSR count). The van der Waals surface area contributed by atoms with Crippen molar-refractivity contribution in [3.8, 4) is 0 Å². The van der Waals surface area contributed by atoms with E-state index in [1.807, 2.05) is 0 Å². The highest BCUT2D eigenvalue weighted by Crippen LogP contribution is 2.21. The van der Waals surface area contributed by atoms with Crippen molar-refractivity contribution in [1.82, 2.24) is 10.6 Å². The number of halogens is 1. The molecule has 0 heterocycles. The van der Waals surface area contributed by atoms with E-state index in [0.717, 1.165) is 0 Å². The number of aliphatic hydroxyl groups excluding tert-OH is 3. The van der Waals surface area contributed by atoms with Crippen LogP contribution in [0.1, 0.15) is 25.8 Å². The number of nitrogens with one attached hydrogen (secondary N) is 2. The van der Waals surface area contributed by atoms with Gasteiger partial charge in [-0.15, -0.1) is 0 Å². The Morgan fingerprint density at radius 2 is 1.80 bits per heavy atom. The third-order valence-electron chi connectivity index (χ3n) is 3.83. The number of hydrogen-bond acceptors (Lipinski definition) is 6. The van der Waals surface area contributed by atoms with E-state index in [1.54, 1.807) is 13.8 Å². The molecule has 1 aromatic rings. The maximum Gasteiger partial charge on any atom is 0.287 e. The third-order valence-corrected chi connectivity index (χ3v) is 3.83. The lowest BCUT2D eigenvalue weighted by molar-refractivity contribution is -0.138. The largest absolute Gasteiger partial charge is 0.396 e. The molecule has 2 unspecified atom stereocenters. The van der Waals surface area contributed by atoms with E-state index in [2.05, 4.69) is 10.6 Å². The van der Waals surface area contributed by atoms with Crippen LogP contribution in [0, 0.1) is 11.2 Å². The van der Waals surface area contributed by atoms with Crippen molar-refractivity contribution in [3.05, 3.63) is 35.6 Å². The number of carbonyl (C=O) groups is 2. The number of amides is 1. The van der Waals surface area contributed by atoms with Gasteiger partial charge in [-0.05, 0) is 17.7 Å². The van der Waals surface area contributed by atoms with Crippen molar-refractivity contribution < 1.29 is 29.3 Å². The molecule has 8 heteroatoms.